The van der Waals surface area contributed by atoms with E-state index in [0.29, 0.717) is 0 Å². The van der Waals surface area contributed by atoms with Crippen molar-refractivity contribution in [3.05, 3.63) is 30.3 Å². The van der Waals surface area contributed by atoms with Crippen molar-refractivity contribution in [2.75, 3.05) is 11.6 Å². The second-order valence-electron chi connectivity index (χ2n) is 4.64. The Bertz CT molecular complexity index is 533. The normalized spacial score (nSPS) is 23.3. The Morgan fingerprint density at radius 2 is 2.06 bits per heavy atom. The Kier molecular flexibility index (Phi) is 2.70. The molecule has 0 aliphatic carbocycles. The van der Waals surface area contributed by atoms with Crippen molar-refractivity contribution in [3.63, 3.8) is 0 Å². The lowest BCUT2D eigenvalue weighted by Gasteiger charge is -2.14. The molecule has 0 fully saturated rings. The van der Waals surface area contributed by atoms with E-state index >= 15 is 0 Å². The average Bonchev–Trinajstić information content (AvgIpc) is 2.99. The molecule has 2 aliphatic heterocycles. The van der Waals surface area contributed by atoms with E-state index in [9.17, 15) is 4.79 Å². The van der Waals surface area contributed by atoms with Crippen LogP contribution in [0.2, 0.25) is 0 Å². The third-order valence-electron chi connectivity index (χ3n) is 3.37. The summed E-state index contributed by atoms with van der Waals surface area (Å²) in [4.78, 5) is 16.9. The molecule has 3 rings (SSSR count). The van der Waals surface area contributed by atoms with Gasteiger partial charge in [0.25, 0.3) is 5.91 Å². The summed E-state index contributed by atoms with van der Waals surface area (Å²) >= 11 is 0. The van der Waals surface area contributed by atoms with Crippen LogP contribution in [0.5, 0.6) is 0 Å². The van der Waals surface area contributed by atoms with Gasteiger partial charge < -0.3 is 0 Å². The highest BCUT2D eigenvalue weighted by molar-refractivity contribution is 6.28. The molecule has 0 saturated carbocycles. The SMILES string of the molecule is CC1=NN(c2ccccc2)C(=O)[C@H]1C1=NCCC1. The Morgan fingerprint density at radius 1 is 1.28 bits per heavy atom. The van der Waals surface area contributed by atoms with Crippen molar-refractivity contribution in [3.8, 4) is 0 Å². The van der Waals surface area contributed by atoms with E-state index in [4.69, 9.17) is 0 Å². The molecule has 0 unspecified atom stereocenters. The first-order chi connectivity index (χ1) is 8.77. The van der Waals surface area contributed by atoms with Crippen LogP contribution < -0.4 is 5.01 Å². The van der Waals surface area contributed by atoms with E-state index in [0.717, 1.165) is 36.5 Å². The van der Waals surface area contributed by atoms with Crippen molar-refractivity contribution in [1.29, 1.82) is 0 Å². The minimum Gasteiger partial charge on any atom is -0.293 e. The molecule has 1 atom stereocenters. The van der Waals surface area contributed by atoms with Gasteiger partial charge in [-0.3, -0.25) is 9.79 Å². The second-order valence-corrected chi connectivity index (χ2v) is 4.64. The highest BCUT2D eigenvalue weighted by Gasteiger charge is 2.38. The van der Waals surface area contributed by atoms with Crippen LogP contribution in [0.25, 0.3) is 0 Å². The molecule has 0 N–H and O–H groups in total. The maximum Gasteiger partial charge on any atom is 0.261 e. The van der Waals surface area contributed by atoms with E-state index in [1.807, 2.05) is 37.3 Å². The standard InChI is InChI=1S/C14H15N3O/c1-10-13(12-8-5-9-15-12)14(18)17(16-10)11-6-3-2-4-7-11/h2-4,6-7,13H,5,8-9H2,1H3/t13-/m1/s1. The largest absolute Gasteiger partial charge is 0.293 e. The fourth-order valence-electron chi connectivity index (χ4n) is 2.50. The number of amides is 1. The number of hydrogen-bond donors (Lipinski definition) is 0. The third kappa shape index (κ3) is 1.74. The van der Waals surface area contributed by atoms with Crippen molar-refractivity contribution in [2.45, 2.75) is 19.8 Å². The summed E-state index contributed by atoms with van der Waals surface area (Å²) in [6, 6.07) is 9.54. The van der Waals surface area contributed by atoms with Crippen LogP contribution >= 0.6 is 0 Å². The lowest BCUT2D eigenvalue weighted by atomic mass is 9.96. The number of hydrogen-bond acceptors (Lipinski definition) is 3. The van der Waals surface area contributed by atoms with Gasteiger partial charge in [0.1, 0.15) is 5.92 Å². The lowest BCUT2D eigenvalue weighted by molar-refractivity contribution is -0.118. The Hall–Kier alpha value is -1.97. The van der Waals surface area contributed by atoms with E-state index in [1.165, 1.54) is 5.01 Å². The van der Waals surface area contributed by atoms with Crippen LogP contribution in [-0.2, 0) is 4.79 Å². The van der Waals surface area contributed by atoms with Crippen LogP contribution in [0.15, 0.2) is 40.4 Å². The topological polar surface area (TPSA) is 45.0 Å². The number of hydrazone groups is 1. The highest BCUT2D eigenvalue weighted by Crippen LogP contribution is 2.26. The first-order valence-corrected chi connectivity index (χ1v) is 6.25. The fraction of sp³-hybridized carbons (Fsp3) is 0.357. The van der Waals surface area contributed by atoms with Gasteiger partial charge in [-0.25, -0.2) is 0 Å². The van der Waals surface area contributed by atoms with E-state index < -0.39 is 0 Å². The number of anilines is 1. The molecule has 0 bridgehead atoms. The number of nitrogens with zero attached hydrogens (tertiary/aromatic N) is 3. The van der Waals surface area contributed by atoms with E-state index in [2.05, 4.69) is 10.1 Å². The maximum atomic E-state index is 12.4. The number of carbonyl (C=O) groups is 1. The molecule has 4 nitrogen and oxygen atoms in total. The number of aliphatic imine (C=N–C) groups is 1. The zero-order chi connectivity index (χ0) is 12.5. The molecule has 0 aromatic heterocycles. The molecule has 0 spiro atoms. The second kappa shape index (κ2) is 4.37. The highest BCUT2D eigenvalue weighted by atomic mass is 16.2. The molecule has 0 radical (unpaired) electrons. The Morgan fingerprint density at radius 3 is 2.72 bits per heavy atom. The number of rotatable bonds is 2. The molecule has 2 aliphatic rings. The summed E-state index contributed by atoms with van der Waals surface area (Å²) in [6.45, 7) is 2.75. The molecule has 4 heteroatoms. The third-order valence-corrected chi connectivity index (χ3v) is 3.37. The van der Waals surface area contributed by atoms with E-state index in [1.54, 1.807) is 0 Å². The first-order valence-electron chi connectivity index (χ1n) is 6.25. The van der Waals surface area contributed by atoms with Crippen molar-refractivity contribution >= 4 is 23.0 Å². The quantitative estimate of drug-likeness (QED) is 0.783. The summed E-state index contributed by atoms with van der Waals surface area (Å²) in [7, 11) is 0. The van der Waals surface area contributed by atoms with Crippen LogP contribution in [0.3, 0.4) is 0 Å². The van der Waals surface area contributed by atoms with Gasteiger partial charge in [0.2, 0.25) is 0 Å². The fourth-order valence-corrected chi connectivity index (χ4v) is 2.50. The molecule has 1 amide bonds. The van der Waals surface area contributed by atoms with Gasteiger partial charge in [0, 0.05) is 12.3 Å². The van der Waals surface area contributed by atoms with Crippen LogP contribution in [0, 0.1) is 5.92 Å². The van der Waals surface area contributed by atoms with Gasteiger partial charge in [-0.2, -0.15) is 10.1 Å². The summed E-state index contributed by atoms with van der Waals surface area (Å²) in [5.41, 5.74) is 2.67. The molecule has 18 heavy (non-hydrogen) atoms. The van der Waals surface area contributed by atoms with Crippen LogP contribution in [0.1, 0.15) is 19.8 Å². The number of para-hydroxylation sites is 1. The number of benzene rings is 1. The van der Waals surface area contributed by atoms with Gasteiger partial charge in [-0.1, -0.05) is 18.2 Å². The van der Waals surface area contributed by atoms with Gasteiger partial charge >= 0.3 is 0 Å². The number of carbonyl (C=O) groups excluding carboxylic acids is 1. The van der Waals surface area contributed by atoms with Crippen LogP contribution in [-0.4, -0.2) is 23.9 Å². The minimum absolute atomic E-state index is 0.0272. The lowest BCUT2D eigenvalue weighted by Crippen LogP contribution is -2.31. The molecule has 2 heterocycles. The monoisotopic (exact) mass is 241 g/mol. The molecule has 92 valence electrons. The van der Waals surface area contributed by atoms with Crippen molar-refractivity contribution in [2.24, 2.45) is 16.0 Å². The van der Waals surface area contributed by atoms with Crippen molar-refractivity contribution < 1.29 is 4.79 Å². The van der Waals surface area contributed by atoms with Gasteiger partial charge in [-0.15, -0.1) is 0 Å². The zero-order valence-corrected chi connectivity index (χ0v) is 10.3. The molecule has 0 saturated heterocycles. The summed E-state index contributed by atoms with van der Waals surface area (Å²) in [6.07, 6.45) is 1.98. The van der Waals surface area contributed by atoms with Crippen molar-refractivity contribution in [1.82, 2.24) is 0 Å². The Labute approximate surface area is 106 Å². The maximum absolute atomic E-state index is 12.4. The summed E-state index contributed by atoms with van der Waals surface area (Å²) in [5, 5.41) is 5.89. The molecule has 1 aromatic rings. The zero-order valence-electron chi connectivity index (χ0n) is 10.3. The van der Waals surface area contributed by atoms with Crippen LogP contribution in [0.4, 0.5) is 5.69 Å². The first kappa shape index (κ1) is 11.1. The minimum atomic E-state index is -0.229. The predicted molar refractivity (Wildman–Crippen MR) is 72.1 cm³/mol. The summed E-state index contributed by atoms with van der Waals surface area (Å²) in [5.74, 6) is -0.202. The average molecular weight is 241 g/mol. The Balaban J connectivity index is 1.91. The van der Waals surface area contributed by atoms with Gasteiger partial charge in [0.05, 0.1) is 11.4 Å². The molecular formula is C14H15N3O. The van der Waals surface area contributed by atoms with Gasteiger partial charge in [-0.05, 0) is 31.9 Å². The van der Waals surface area contributed by atoms with Gasteiger partial charge in [0.15, 0.2) is 0 Å². The van der Waals surface area contributed by atoms with E-state index in [-0.39, 0.29) is 11.8 Å². The summed E-state index contributed by atoms with van der Waals surface area (Å²) < 4.78 is 0. The molecule has 1 aromatic carbocycles. The predicted octanol–water partition coefficient (Wildman–Crippen LogP) is 2.26. The smallest absolute Gasteiger partial charge is 0.261 e. The molecular weight excluding hydrogens is 226 g/mol.